The first-order chi connectivity index (χ1) is 25.1. The molecule has 0 fully saturated rings. The summed E-state index contributed by atoms with van der Waals surface area (Å²) in [6, 6.07) is 59.1. The highest BCUT2D eigenvalue weighted by molar-refractivity contribution is 7.26. The molecule has 242 valence electrons. The molecule has 51 heavy (non-hydrogen) atoms. The maximum absolute atomic E-state index is 5.44. The smallest absolute Gasteiger partial charge is 0.209 e. The van der Waals surface area contributed by atoms with Gasteiger partial charge in [-0.2, -0.15) is 0 Å². The maximum Gasteiger partial charge on any atom is 0.209 e. The van der Waals surface area contributed by atoms with Gasteiger partial charge in [0.05, 0.1) is 16.7 Å². The predicted octanol–water partition coefficient (Wildman–Crippen LogP) is 12.4. The first kappa shape index (κ1) is 29.7. The third-order valence-electron chi connectivity index (χ3n) is 10.2. The van der Waals surface area contributed by atoms with Crippen LogP contribution in [-0.2, 0) is 5.79 Å². The van der Waals surface area contributed by atoms with Gasteiger partial charge >= 0.3 is 0 Å². The summed E-state index contributed by atoms with van der Waals surface area (Å²) < 4.78 is 5.01. The van der Waals surface area contributed by atoms with E-state index in [1.54, 1.807) is 0 Å². The van der Waals surface area contributed by atoms with E-state index in [-0.39, 0.29) is 0 Å². The molecule has 1 atom stereocenters. The Kier molecular flexibility index (Phi) is 6.80. The minimum absolute atomic E-state index is 0.744. The third kappa shape index (κ3) is 4.91. The number of aromatic nitrogens is 1. The van der Waals surface area contributed by atoms with Gasteiger partial charge in [0.25, 0.3) is 0 Å². The normalized spacial score (nSPS) is 15.8. The number of aliphatic imine (C=N–C) groups is 1. The van der Waals surface area contributed by atoms with Gasteiger partial charge in [0.2, 0.25) is 5.79 Å². The number of hydrogen-bond donors (Lipinski definition) is 1. The van der Waals surface area contributed by atoms with E-state index in [2.05, 4.69) is 187 Å². The first-order valence-electron chi connectivity index (χ1n) is 17.4. The lowest BCUT2D eigenvalue weighted by molar-refractivity contribution is 0.309. The van der Waals surface area contributed by atoms with Gasteiger partial charge in [0, 0.05) is 42.7 Å². The summed E-state index contributed by atoms with van der Waals surface area (Å²) in [5.74, 6) is -0.744. The second-order valence-electron chi connectivity index (χ2n) is 13.4. The average Bonchev–Trinajstić information content (AvgIpc) is 3.75. The van der Waals surface area contributed by atoms with Gasteiger partial charge in [0.15, 0.2) is 0 Å². The van der Waals surface area contributed by atoms with Crippen molar-refractivity contribution in [2.45, 2.75) is 12.7 Å². The minimum atomic E-state index is -0.744. The van der Waals surface area contributed by atoms with Crippen LogP contribution in [0.2, 0.25) is 0 Å². The molecule has 2 aromatic heterocycles. The van der Waals surface area contributed by atoms with Crippen molar-refractivity contribution in [3.05, 3.63) is 182 Å². The lowest BCUT2D eigenvalue weighted by Crippen LogP contribution is -2.43. The van der Waals surface area contributed by atoms with Gasteiger partial charge in [0.1, 0.15) is 0 Å². The molecule has 0 aliphatic carbocycles. The van der Waals surface area contributed by atoms with Crippen molar-refractivity contribution in [2.75, 3.05) is 0 Å². The van der Waals surface area contributed by atoms with Gasteiger partial charge in [-0.05, 0) is 76.7 Å². The number of fused-ring (bicyclic) bond motifs is 6. The fraction of sp³-hybridized carbons (Fsp3) is 0.0426. The van der Waals surface area contributed by atoms with Crippen molar-refractivity contribution in [2.24, 2.45) is 4.99 Å². The summed E-state index contributed by atoms with van der Waals surface area (Å²) >= 11 is 1.88. The van der Waals surface area contributed by atoms with Crippen LogP contribution in [0.15, 0.2) is 181 Å². The van der Waals surface area contributed by atoms with E-state index < -0.39 is 5.79 Å². The van der Waals surface area contributed by atoms with Crippen molar-refractivity contribution in [3.8, 4) is 33.4 Å². The van der Waals surface area contributed by atoms with E-state index in [1.807, 2.05) is 17.5 Å². The summed E-state index contributed by atoms with van der Waals surface area (Å²) in [7, 11) is 0. The number of nitrogens with one attached hydrogen (secondary N) is 1. The SMILES string of the molecule is CC1(n2c3ccccc3c3cc(-c4cccc5c4sc4ccccc45)ccc32)N=C(c2cccc(-c3ccc(-c4ccccc4)cc3)c2)C=CN1. The van der Waals surface area contributed by atoms with Crippen LogP contribution in [-0.4, -0.2) is 10.3 Å². The topological polar surface area (TPSA) is 29.3 Å². The average molecular weight is 672 g/mol. The number of hydrogen-bond acceptors (Lipinski definition) is 3. The number of thiophene rings is 1. The highest BCUT2D eigenvalue weighted by atomic mass is 32.1. The van der Waals surface area contributed by atoms with Gasteiger partial charge in [-0.3, -0.25) is 4.57 Å². The number of allylic oxidation sites excluding steroid dienone is 1. The fourth-order valence-corrected chi connectivity index (χ4v) is 9.02. The molecule has 10 rings (SSSR count). The third-order valence-corrected chi connectivity index (χ3v) is 11.5. The Hall–Kier alpha value is -6.23. The quantitative estimate of drug-likeness (QED) is 0.194. The molecule has 1 aliphatic rings. The van der Waals surface area contributed by atoms with Crippen LogP contribution in [0.5, 0.6) is 0 Å². The molecule has 9 aromatic rings. The molecule has 0 bridgehead atoms. The van der Waals surface area contributed by atoms with Gasteiger partial charge < -0.3 is 5.32 Å². The van der Waals surface area contributed by atoms with E-state index in [0.717, 1.165) is 22.3 Å². The molecule has 0 saturated heterocycles. The van der Waals surface area contributed by atoms with Crippen LogP contribution in [0, 0.1) is 0 Å². The molecule has 0 saturated carbocycles. The molecule has 7 aromatic carbocycles. The van der Waals surface area contributed by atoms with Crippen LogP contribution in [0.4, 0.5) is 0 Å². The fourth-order valence-electron chi connectivity index (χ4n) is 7.79. The monoisotopic (exact) mass is 671 g/mol. The number of benzene rings is 7. The van der Waals surface area contributed by atoms with E-state index in [4.69, 9.17) is 4.99 Å². The van der Waals surface area contributed by atoms with Crippen LogP contribution in [0.1, 0.15) is 12.5 Å². The predicted molar refractivity (Wildman–Crippen MR) is 218 cm³/mol. The Morgan fingerprint density at radius 1 is 0.510 bits per heavy atom. The largest absolute Gasteiger partial charge is 0.350 e. The number of rotatable bonds is 5. The molecule has 0 amide bonds. The van der Waals surface area contributed by atoms with Crippen molar-refractivity contribution in [1.82, 2.24) is 9.88 Å². The molecule has 4 heteroatoms. The Morgan fingerprint density at radius 3 is 2.00 bits per heavy atom. The molecule has 3 nitrogen and oxygen atoms in total. The van der Waals surface area contributed by atoms with Crippen molar-refractivity contribution < 1.29 is 0 Å². The summed E-state index contributed by atoms with van der Waals surface area (Å²) in [6.07, 6.45) is 4.12. The standard InChI is InChI=1S/C47H33N3S/c1-47(48-28-27-42(49-47)36-14-9-13-34(29-36)33-23-21-32(22-24-33)31-11-3-2-4-12-31)50-43-19-7-5-15-38(43)41-30-35(25-26-44(41)50)37-17-10-18-40-39-16-6-8-20-45(39)51-46(37)40/h2-30,48H,1H3. The van der Waals surface area contributed by atoms with Crippen LogP contribution in [0.3, 0.4) is 0 Å². The van der Waals surface area contributed by atoms with Crippen molar-refractivity contribution in [1.29, 1.82) is 0 Å². The van der Waals surface area contributed by atoms with Crippen molar-refractivity contribution >= 4 is 59.0 Å². The Labute approximate surface area is 300 Å². The molecule has 3 heterocycles. The number of para-hydroxylation sites is 1. The van der Waals surface area contributed by atoms with Crippen molar-refractivity contribution in [3.63, 3.8) is 0 Å². The number of nitrogens with zero attached hydrogens (tertiary/aromatic N) is 2. The molecule has 0 spiro atoms. The minimum Gasteiger partial charge on any atom is -0.350 e. The van der Waals surface area contributed by atoms with E-state index in [1.165, 1.54) is 64.3 Å². The highest BCUT2D eigenvalue weighted by Gasteiger charge is 2.31. The second-order valence-corrected chi connectivity index (χ2v) is 14.4. The highest BCUT2D eigenvalue weighted by Crippen LogP contribution is 2.42. The zero-order valence-electron chi connectivity index (χ0n) is 28.0. The van der Waals surface area contributed by atoms with Crippen LogP contribution in [0.25, 0.3) is 75.4 Å². The molecular weight excluding hydrogens is 639 g/mol. The summed E-state index contributed by atoms with van der Waals surface area (Å²) in [4.78, 5) is 5.44. The van der Waals surface area contributed by atoms with E-state index in [0.29, 0.717) is 0 Å². The lowest BCUT2D eigenvalue weighted by Gasteiger charge is -2.33. The van der Waals surface area contributed by atoms with Crippen LogP contribution < -0.4 is 5.32 Å². The molecular formula is C47H33N3S. The Bertz CT molecular complexity index is 2840. The zero-order valence-corrected chi connectivity index (χ0v) is 28.9. The summed E-state index contributed by atoms with van der Waals surface area (Å²) in [6.45, 7) is 2.17. The second kappa shape index (κ2) is 11.7. The van der Waals surface area contributed by atoms with Gasteiger partial charge in [-0.1, -0.05) is 133 Å². The first-order valence-corrected chi connectivity index (χ1v) is 18.2. The Balaban J connectivity index is 1.06. The molecule has 1 unspecified atom stereocenters. The maximum atomic E-state index is 5.44. The summed E-state index contributed by atoms with van der Waals surface area (Å²) in [5.41, 5.74) is 11.6. The molecule has 0 radical (unpaired) electrons. The Morgan fingerprint density at radius 2 is 1.14 bits per heavy atom. The van der Waals surface area contributed by atoms with E-state index >= 15 is 0 Å². The lowest BCUT2D eigenvalue weighted by atomic mass is 9.98. The zero-order chi connectivity index (χ0) is 33.9. The van der Waals surface area contributed by atoms with E-state index in [9.17, 15) is 0 Å². The summed E-state index contributed by atoms with van der Waals surface area (Å²) in [5, 5.41) is 8.70. The van der Waals surface area contributed by atoms with Gasteiger partial charge in [-0.25, -0.2) is 4.99 Å². The molecule has 1 N–H and O–H groups in total. The van der Waals surface area contributed by atoms with Gasteiger partial charge in [-0.15, -0.1) is 11.3 Å². The molecule has 1 aliphatic heterocycles. The van der Waals surface area contributed by atoms with Crippen LogP contribution >= 0.6 is 11.3 Å².